The number of unbranched alkanes of at least 4 members (excludes halogenated alkanes) is 26. The molecule has 0 aromatic heterocycles. The molecule has 63 heavy (non-hydrogen) atoms. The van der Waals surface area contributed by atoms with Crippen LogP contribution in [0.1, 0.15) is 265 Å². The van der Waals surface area contributed by atoms with Crippen LogP contribution in [0.2, 0.25) is 0 Å². The summed E-state index contributed by atoms with van der Waals surface area (Å²) in [5, 5.41) is 23.8. The van der Waals surface area contributed by atoms with Gasteiger partial charge in [0.25, 0.3) is 0 Å². The molecule has 6 heteroatoms. The average Bonchev–Trinajstić information content (AvgIpc) is 3.28. The summed E-state index contributed by atoms with van der Waals surface area (Å²) in [6.07, 6.45) is 62.8. The highest BCUT2D eigenvalue weighted by Gasteiger charge is 2.24. The molecule has 0 aromatic carbocycles. The van der Waals surface area contributed by atoms with Crippen molar-refractivity contribution in [3.63, 3.8) is 0 Å². The maximum Gasteiger partial charge on any atom is 0.306 e. The quantitative estimate of drug-likeness (QED) is 0.0321. The molecule has 3 unspecified atom stereocenters. The van der Waals surface area contributed by atoms with E-state index in [1.54, 1.807) is 0 Å². The maximum absolute atomic E-state index is 13.2. The average molecular weight is 882 g/mol. The van der Waals surface area contributed by atoms with Crippen LogP contribution in [0, 0.1) is 0 Å². The van der Waals surface area contributed by atoms with Crippen molar-refractivity contribution in [2.45, 2.75) is 283 Å². The Morgan fingerprint density at radius 2 is 0.857 bits per heavy atom. The van der Waals surface area contributed by atoms with E-state index in [1.165, 1.54) is 128 Å². The van der Waals surface area contributed by atoms with Crippen molar-refractivity contribution in [3.05, 3.63) is 60.8 Å². The summed E-state index contributed by atoms with van der Waals surface area (Å²) in [7, 11) is 0. The van der Waals surface area contributed by atoms with Crippen molar-refractivity contribution >= 4 is 11.9 Å². The lowest BCUT2D eigenvalue weighted by Gasteiger charge is -2.24. The Hall–Kier alpha value is -2.44. The number of hydrogen-bond acceptors (Lipinski definition) is 5. The Morgan fingerprint density at radius 3 is 1.29 bits per heavy atom. The third-order valence-corrected chi connectivity index (χ3v) is 12.1. The van der Waals surface area contributed by atoms with Crippen LogP contribution < -0.4 is 5.32 Å². The number of aliphatic hydroxyl groups excluding tert-OH is 2. The van der Waals surface area contributed by atoms with E-state index in [0.717, 1.165) is 89.9 Å². The highest BCUT2D eigenvalue weighted by molar-refractivity contribution is 5.77. The summed E-state index contributed by atoms with van der Waals surface area (Å²) in [6.45, 7) is 6.37. The van der Waals surface area contributed by atoms with Gasteiger partial charge in [-0.05, 0) is 70.6 Å². The largest absolute Gasteiger partial charge is 0.462 e. The van der Waals surface area contributed by atoms with Crippen molar-refractivity contribution < 1.29 is 24.5 Å². The van der Waals surface area contributed by atoms with E-state index in [4.69, 9.17) is 4.74 Å². The summed E-state index contributed by atoms with van der Waals surface area (Å²) in [5.41, 5.74) is 0. The van der Waals surface area contributed by atoms with Crippen LogP contribution in [-0.2, 0) is 14.3 Å². The first-order valence-electron chi connectivity index (χ1n) is 27.0. The summed E-state index contributed by atoms with van der Waals surface area (Å²) in [4.78, 5) is 26.2. The van der Waals surface area contributed by atoms with Gasteiger partial charge >= 0.3 is 5.97 Å². The second-order valence-electron chi connectivity index (χ2n) is 18.3. The second-order valence-corrected chi connectivity index (χ2v) is 18.3. The highest BCUT2D eigenvalue weighted by atomic mass is 16.5. The number of nitrogens with one attached hydrogen (secondary N) is 1. The van der Waals surface area contributed by atoms with Crippen molar-refractivity contribution in [1.82, 2.24) is 5.32 Å². The maximum atomic E-state index is 13.2. The number of allylic oxidation sites excluding steroid dienone is 10. The molecular formula is C57H103NO5. The van der Waals surface area contributed by atoms with Crippen LogP contribution in [0.4, 0.5) is 0 Å². The molecule has 0 rings (SSSR count). The predicted octanol–water partition coefficient (Wildman–Crippen LogP) is 16.4. The van der Waals surface area contributed by atoms with E-state index < -0.39 is 18.2 Å². The predicted molar refractivity (Wildman–Crippen MR) is 273 cm³/mol. The Bertz CT molecular complexity index is 1130. The van der Waals surface area contributed by atoms with Crippen LogP contribution in [0.15, 0.2) is 60.8 Å². The molecule has 3 N–H and O–H groups in total. The van der Waals surface area contributed by atoms with E-state index in [1.807, 2.05) is 0 Å². The number of carbonyl (C=O) groups is 2. The third kappa shape index (κ3) is 45.9. The van der Waals surface area contributed by atoms with Gasteiger partial charge in [-0.3, -0.25) is 9.59 Å². The molecule has 0 saturated heterocycles. The van der Waals surface area contributed by atoms with E-state index in [0.29, 0.717) is 19.3 Å². The summed E-state index contributed by atoms with van der Waals surface area (Å²) in [5.74, 6) is -0.505. The van der Waals surface area contributed by atoms with E-state index in [9.17, 15) is 19.8 Å². The monoisotopic (exact) mass is 882 g/mol. The fourth-order valence-corrected chi connectivity index (χ4v) is 8.05. The smallest absolute Gasteiger partial charge is 0.306 e. The molecule has 1 amide bonds. The molecule has 0 aliphatic carbocycles. The normalized spacial score (nSPS) is 13.7. The van der Waals surface area contributed by atoms with Crippen molar-refractivity contribution in [2.75, 3.05) is 6.61 Å². The standard InChI is InChI=1S/C57H103NO5/c1-4-7-10-13-16-19-22-25-26-27-28-29-30-32-35-38-41-44-47-50-57(62)63-53(48-45-42-39-36-33-24-21-18-15-12-9-6-3)51-56(61)58-54(52-59)55(60)49-46-43-40-37-34-31-23-20-17-14-11-8-5-2/h7,10,16,19,25-26,28-29,32,35,53-55,59-60H,4-6,8-9,11-15,17-18,20-24,27,30-31,33-34,36-52H2,1-3H3,(H,58,61)/b10-7-,19-16-,26-25-,29-28-,35-32-. The Morgan fingerprint density at radius 1 is 0.476 bits per heavy atom. The number of ether oxygens (including phenoxy) is 1. The first kappa shape index (κ1) is 60.6. The van der Waals surface area contributed by atoms with Crippen LogP contribution in [0.5, 0.6) is 0 Å². The van der Waals surface area contributed by atoms with Crippen LogP contribution in [0.3, 0.4) is 0 Å². The number of aliphatic hydroxyl groups is 2. The van der Waals surface area contributed by atoms with Crippen LogP contribution >= 0.6 is 0 Å². The fraction of sp³-hybridized carbons (Fsp3) is 0.789. The molecule has 0 aliphatic heterocycles. The Labute approximate surface area is 390 Å². The van der Waals surface area contributed by atoms with Gasteiger partial charge in [0.15, 0.2) is 0 Å². The number of rotatable bonds is 48. The number of carbonyl (C=O) groups excluding carboxylic acids is 2. The third-order valence-electron chi connectivity index (χ3n) is 12.1. The van der Waals surface area contributed by atoms with Gasteiger partial charge in [-0.15, -0.1) is 0 Å². The van der Waals surface area contributed by atoms with Gasteiger partial charge in [-0.2, -0.15) is 0 Å². The number of hydrogen-bond donors (Lipinski definition) is 3. The van der Waals surface area contributed by atoms with E-state index in [2.05, 4.69) is 86.8 Å². The highest BCUT2D eigenvalue weighted by Crippen LogP contribution is 2.18. The first-order chi connectivity index (χ1) is 31.0. The molecule has 3 atom stereocenters. The molecule has 0 aliphatic rings. The van der Waals surface area contributed by atoms with Gasteiger partial charge < -0.3 is 20.3 Å². The molecule has 0 saturated carbocycles. The number of amides is 1. The SMILES string of the molecule is CC/C=C\C/C=C\C/C=C\C/C=C\C/C=C\CCCCCC(=O)OC(CCCCCCCCCCCCCC)CC(=O)NC(CO)C(O)CCCCCCCCCCCCCCC. The molecule has 0 fully saturated rings. The van der Waals surface area contributed by atoms with E-state index in [-0.39, 0.29) is 24.9 Å². The number of esters is 1. The lowest BCUT2D eigenvalue weighted by molar-refractivity contribution is -0.151. The Kier molecular flexibility index (Phi) is 48.6. The van der Waals surface area contributed by atoms with Crippen molar-refractivity contribution in [2.24, 2.45) is 0 Å². The zero-order valence-electron chi connectivity index (χ0n) is 41.7. The van der Waals surface area contributed by atoms with Gasteiger partial charge in [0.05, 0.1) is 25.2 Å². The van der Waals surface area contributed by atoms with Gasteiger partial charge in [0, 0.05) is 6.42 Å². The van der Waals surface area contributed by atoms with Crippen LogP contribution in [0.25, 0.3) is 0 Å². The minimum absolute atomic E-state index is 0.0653. The lowest BCUT2D eigenvalue weighted by atomic mass is 10.0. The van der Waals surface area contributed by atoms with E-state index >= 15 is 0 Å². The van der Waals surface area contributed by atoms with Gasteiger partial charge in [0.2, 0.25) is 5.91 Å². The van der Waals surface area contributed by atoms with Gasteiger partial charge in [-0.25, -0.2) is 0 Å². The topological polar surface area (TPSA) is 95.9 Å². The molecule has 366 valence electrons. The van der Waals surface area contributed by atoms with Gasteiger partial charge in [-0.1, -0.05) is 242 Å². The second kappa shape index (κ2) is 50.6. The Balaban J connectivity index is 4.58. The summed E-state index contributed by atoms with van der Waals surface area (Å²) >= 11 is 0. The van der Waals surface area contributed by atoms with Crippen LogP contribution in [-0.4, -0.2) is 46.9 Å². The minimum Gasteiger partial charge on any atom is -0.462 e. The molecule has 0 bridgehead atoms. The fourth-order valence-electron chi connectivity index (χ4n) is 8.05. The van der Waals surface area contributed by atoms with Crippen molar-refractivity contribution in [1.29, 1.82) is 0 Å². The molecule has 6 nitrogen and oxygen atoms in total. The molecule has 0 heterocycles. The zero-order chi connectivity index (χ0) is 45.9. The van der Waals surface area contributed by atoms with Gasteiger partial charge in [0.1, 0.15) is 6.10 Å². The summed E-state index contributed by atoms with van der Waals surface area (Å²) in [6, 6.07) is -0.708. The lowest BCUT2D eigenvalue weighted by Crippen LogP contribution is -2.46. The first-order valence-corrected chi connectivity index (χ1v) is 27.0. The molecular weight excluding hydrogens is 779 g/mol. The molecule has 0 radical (unpaired) electrons. The summed E-state index contributed by atoms with van der Waals surface area (Å²) < 4.78 is 5.93. The minimum atomic E-state index is -0.793. The zero-order valence-corrected chi connectivity index (χ0v) is 41.7. The molecule has 0 aromatic rings. The van der Waals surface area contributed by atoms with Crippen molar-refractivity contribution in [3.8, 4) is 0 Å². The molecule has 0 spiro atoms.